The maximum atomic E-state index is 12.7. The molecule has 24 heavy (non-hydrogen) atoms. The Morgan fingerprint density at radius 2 is 2.04 bits per heavy atom. The summed E-state index contributed by atoms with van der Waals surface area (Å²) < 4.78 is 5.48. The molecule has 0 aromatic heterocycles. The quantitative estimate of drug-likeness (QED) is 0.889. The molecular formula is C19H30N2O3. The van der Waals surface area contributed by atoms with Crippen molar-refractivity contribution in [1.29, 1.82) is 0 Å². The largest absolute Gasteiger partial charge is 0.496 e. The molecule has 0 unspecified atom stereocenters. The maximum absolute atomic E-state index is 12.7. The van der Waals surface area contributed by atoms with Crippen molar-refractivity contribution >= 4 is 6.03 Å². The number of aliphatic hydroxyl groups is 1. The molecule has 1 aliphatic rings. The van der Waals surface area contributed by atoms with E-state index in [4.69, 9.17) is 4.74 Å². The second-order valence-electron chi connectivity index (χ2n) is 7.73. The van der Waals surface area contributed by atoms with Gasteiger partial charge in [0, 0.05) is 24.6 Å². The van der Waals surface area contributed by atoms with Crippen molar-refractivity contribution in [2.24, 2.45) is 11.3 Å². The van der Waals surface area contributed by atoms with Crippen LogP contribution in [0.3, 0.4) is 0 Å². The van der Waals surface area contributed by atoms with Crippen molar-refractivity contribution < 1.29 is 14.6 Å². The molecule has 5 nitrogen and oxygen atoms in total. The third kappa shape index (κ3) is 4.20. The van der Waals surface area contributed by atoms with Crippen molar-refractivity contribution in [2.75, 3.05) is 20.2 Å². The van der Waals surface area contributed by atoms with Gasteiger partial charge in [-0.3, -0.25) is 0 Å². The molecule has 0 spiro atoms. The Morgan fingerprint density at radius 1 is 1.38 bits per heavy atom. The molecule has 1 heterocycles. The highest BCUT2D eigenvalue weighted by Crippen LogP contribution is 2.37. The predicted octanol–water partition coefficient (Wildman–Crippen LogP) is 3.19. The van der Waals surface area contributed by atoms with E-state index in [1.54, 1.807) is 18.9 Å². The number of para-hydroxylation sites is 1. The summed E-state index contributed by atoms with van der Waals surface area (Å²) in [5, 5.41) is 12.9. The molecule has 2 N–H and O–H groups in total. The van der Waals surface area contributed by atoms with E-state index in [9.17, 15) is 9.90 Å². The number of hydrogen-bond acceptors (Lipinski definition) is 3. The van der Waals surface area contributed by atoms with Gasteiger partial charge in [0.2, 0.25) is 0 Å². The van der Waals surface area contributed by atoms with E-state index in [0.29, 0.717) is 13.1 Å². The molecule has 0 radical (unpaired) electrons. The van der Waals surface area contributed by atoms with Crippen molar-refractivity contribution in [3.8, 4) is 5.75 Å². The van der Waals surface area contributed by atoms with Crippen molar-refractivity contribution in [3.63, 3.8) is 0 Å². The Kier molecular flexibility index (Phi) is 5.75. The van der Waals surface area contributed by atoms with Crippen molar-refractivity contribution in [1.82, 2.24) is 10.2 Å². The van der Waals surface area contributed by atoms with Gasteiger partial charge in [0.1, 0.15) is 5.75 Å². The van der Waals surface area contributed by atoms with Crippen LogP contribution < -0.4 is 10.1 Å². The molecule has 134 valence electrons. The van der Waals surface area contributed by atoms with Crippen LogP contribution in [-0.4, -0.2) is 42.3 Å². The van der Waals surface area contributed by atoms with Gasteiger partial charge < -0.3 is 20.1 Å². The molecule has 1 aliphatic heterocycles. The highest BCUT2D eigenvalue weighted by atomic mass is 16.5. The fourth-order valence-electron chi connectivity index (χ4n) is 3.25. The summed E-state index contributed by atoms with van der Waals surface area (Å²) in [6.45, 7) is 9.39. The maximum Gasteiger partial charge on any atom is 0.317 e. The fourth-order valence-corrected chi connectivity index (χ4v) is 3.25. The van der Waals surface area contributed by atoms with Crippen LogP contribution in [0.15, 0.2) is 24.3 Å². The summed E-state index contributed by atoms with van der Waals surface area (Å²) in [6, 6.07) is 7.56. The average Bonchev–Trinajstić information content (AvgIpc) is 3.01. The molecule has 1 saturated heterocycles. The van der Waals surface area contributed by atoms with Crippen LogP contribution in [0.5, 0.6) is 5.75 Å². The number of amides is 2. The van der Waals surface area contributed by atoms with Crippen LogP contribution in [0.2, 0.25) is 0 Å². The molecule has 1 aromatic carbocycles. The third-order valence-corrected chi connectivity index (χ3v) is 4.78. The second-order valence-corrected chi connectivity index (χ2v) is 7.73. The number of rotatable bonds is 4. The minimum atomic E-state index is -0.379. The summed E-state index contributed by atoms with van der Waals surface area (Å²) in [5.74, 6) is 0.941. The highest BCUT2D eigenvalue weighted by molar-refractivity contribution is 5.75. The van der Waals surface area contributed by atoms with Gasteiger partial charge in [0.05, 0.1) is 19.3 Å². The van der Waals surface area contributed by atoms with Crippen molar-refractivity contribution in [3.05, 3.63) is 29.8 Å². The Balaban J connectivity index is 2.17. The fraction of sp³-hybridized carbons (Fsp3) is 0.632. The normalized spacial score (nSPS) is 20.6. The lowest BCUT2D eigenvalue weighted by Gasteiger charge is -2.34. The lowest BCUT2D eigenvalue weighted by Crippen LogP contribution is -2.44. The minimum Gasteiger partial charge on any atom is -0.496 e. The molecule has 0 bridgehead atoms. The summed E-state index contributed by atoms with van der Waals surface area (Å²) in [6.07, 6.45) is 0.468. The number of ether oxygens (including phenoxy) is 1. The summed E-state index contributed by atoms with van der Waals surface area (Å²) in [7, 11) is 1.65. The van der Waals surface area contributed by atoms with E-state index in [1.165, 1.54) is 0 Å². The van der Waals surface area contributed by atoms with Gasteiger partial charge >= 0.3 is 6.03 Å². The van der Waals surface area contributed by atoms with Crippen molar-refractivity contribution in [2.45, 2.75) is 46.3 Å². The Morgan fingerprint density at radius 3 is 2.58 bits per heavy atom. The standard InChI is InChI=1S/C19H30N2O3/c1-13(22)14-10-11-21(12-14)18(23)20-17(19(2,3)4)15-8-6-7-9-16(15)24-5/h6-9,13-14,17,22H,10-12H2,1-5H3,(H,20,23)/t13-,14-,17+/m1/s1. The first kappa shape index (κ1) is 18.6. The summed E-state index contributed by atoms with van der Waals surface area (Å²) >= 11 is 0. The number of urea groups is 1. The number of nitrogens with one attached hydrogen (secondary N) is 1. The number of aliphatic hydroxyl groups excluding tert-OH is 1. The molecule has 1 fully saturated rings. The second kappa shape index (κ2) is 7.43. The Hall–Kier alpha value is -1.75. The van der Waals surface area contributed by atoms with Crippen LogP contribution in [0.1, 0.15) is 45.7 Å². The molecule has 2 rings (SSSR count). The predicted molar refractivity (Wildman–Crippen MR) is 95.1 cm³/mol. The zero-order valence-corrected chi connectivity index (χ0v) is 15.4. The SMILES string of the molecule is COc1ccccc1[C@H](NC(=O)N1CC[C@@H]([C@@H](C)O)C1)C(C)(C)C. The van der Waals surface area contributed by atoms with Crippen LogP contribution >= 0.6 is 0 Å². The molecule has 0 saturated carbocycles. The smallest absolute Gasteiger partial charge is 0.317 e. The summed E-state index contributed by atoms with van der Waals surface area (Å²) in [5.41, 5.74) is 0.820. The van der Waals surface area contributed by atoms with Gasteiger partial charge in [0.25, 0.3) is 0 Å². The molecular weight excluding hydrogens is 304 g/mol. The van der Waals surface area contributed by atoms with Gasteiger partial charge in [-0.05, 0) is 24.8 Å². The van der Waals surface area contributed by atoms with Gasteiger partial charge in [-0.2, -0.15) is 0 Å². The zero-order valence-electron chi connectivity index (χ0n) is 15.4. The summed E-state index contributed by atoms with van der Waals surface area (Å²) in [4.78, 5) is 14.5. The highest BCUT2D eigenvalue weighted by Gasteiger charge is 2.34. The lowest BCUT2D eigenvalue weighted by atomic mass is 9.82. The first-order valence-corrected chi connectivity index (χ1v) is 8.60. The van der Waals surface area contributed by atoms with E-state index in [0.717, 1.165) is 17.7 Å². The number of hydrogen-bond donors (Lipinski definition) is 2. The molecule has 2 amide bonds. The zero-order chi connectivity index (χ0) is 17.9. The van der Waals surface area contributed by atoms with E-state index in [2.05, 4.69) is 26.1 Å². The van der Waals surface area contributed by atoms with Gasteiger partial charge in [-0.25, -0.2) is 4.79 Å². The number of methoxy groups -OCH3 is 1. The number of carbonyl (C=O) groups excluding carboxylic acids is 1. The number of likely N-dealkylation sites (tertiary alicyclic amines) is 1. The van der Waals surface area contributed by atoms with Gasteiger partial charge in [-0.1, -0.05) is 39.0 Å². The van der Waals surface area contributed by atoms with Crippen LogP contribution in [0, 0.1) is 11.3 Å². The first-order chi connectivity index (χ1) is 11.2. The van der Waals surface area contributed by atoms with Crippen LogP contribution in [0.4, 0.5) is 4.79 Å². The Labute approximate surface area is 145 Å². The van der Waals surface area contributed by atoms with E-state index in [1.807, 2.05) is 24.3 Å². The number of benzene rings is 1. The van der Waals surface area contributed by atoms with Gasteiger partial charge in [0.15, 0.2) is 0 Å². The van der Waals surface area contributed by atoms with Gasteiger partial charge in [-0.15, -0.1) is 0 Å². The van der Waals surface area contributed by atoms with Crippen LogP contribution in [-0.2, 0) is 0 Å². The minimum absolute atomic E-state index is 0.0796. The van der Waals surface area contributed by atoms with E-state index >= 15 is 0 Å². The van der Waals surface area contributed by atoms with E-state index in [-0.39, 0.29) is 29.5 Å². The molecule has 1 aromatic rings. The first-order valence-electron chi connectivity index (χ1n) is 8.60. The number of carbonyl (C=O) groups is 1. The Bertz CT molecular complexity index is 566. The lowest BCUT2D eigenvalue weighted by molar-refractivity contribution is 0.128. The number of nitrogens with zero attached hydrogens (tertiary/aromatic N) is 1. The topological polar surface area (TPSA) is 61.8 Å². The molecule has 5 heteroatoms. The molecule has 3 atom stereocenters. The van der Waals surface area contributed by atoms with E-state index < -0.39 is 0 Å². The van der Waals surface area contributed by atoms with Crippen LogP contribution in [0.25, 0.3) is 0 Å². The average molecular weight is 334 g/mol. The monoisotopic (exact) mass is 334 g/mol. The molecule has 0 aliphatic carbocycles. The third-order valence-electron chi connectivity index (χ3n) is 4.78.